The van der Waals surface area contributed by atoms with Crippen molar-refractivity contribution < 1.29 is 9.84 Å². The van der Waals surface area contributed by atoms with Gasteiger partial charge in [0.05, 0.1) is 12.6 Å². The molecule has 0 unspecified atom stereocenters. The van der Waals surface area contributed by atoms with Crippen LogP contribution in [0.25, 0.3) is 0 Å². The molecule has 0 aromatic carbocycles. The summed E-state index contributed by atoms with van der Waals surface area (Å²) >= 11 is 5.15. The van der Waals surface area contributed by atoms with Crippen LogP contribution in [0.1, 0.15) is 18.2 Å². The Morgan fingerprint density at radius 3 is 3.04 bits per heavy atom. The summed E-state index contributed by atoms with van der Waals surface area (Å²) in [4.78, 5) is 25.6. The number of thiocarbonyl (C=S) groups is 1. The van der Waals surface area contributed by atoms with Gasteiger partial charge in [0.2, 0.25) is 0 Å². The SMILES string of the molecule is C=CCNC(=S)N[C@H]1C[C@H](n2cc(C)c(=O)[nH]c2=O)O[C@@H]1CO. The second-order valence-electron chi connectivity index (χ2n) is 5.28. The number of hydrogen-bond acceptors (Lipinski definition) is 5. The fraction of sp³-hybridized carbons (Fsp3) is 0.500. The van der Waals surface area contributed by atoms with Gasteiger partial charge in [0.1, 0.15) is 12.3 Å². The molecule has 3 atom stereocenters. The average molecular weight is 340 g/mol. The first-order chi connectivity index (χ1) is 11.0. The van der Waals surface area contributed by atoms with Crippen molar-refractivity contribution >= 4 is 17.3 Å². The monoisotopic (exact) mass is 340 g/mol. The van der Waals surface area contributed by atoms with E-state index >= 15 is 0 Å². The van der Waals surface area contributed by atoms with Gasteiger partial charge in [-0.2, -0.15) is 0 Å². The summed E-state index contributed by atoms with van der Waals surface area (Å²) in [6, 6.07) is -0.256. The molecule has 8 nitrogen and oxygen atoms in total. The first-order valence-corrected chi connectivity index (χ1v) is 7.60. The highest BCUT2D eigenvalue weighted by Crippen LogP contribution is 2.27. The van der Waals surface area contributed by atoms with E-state index in [4.69, 9.17) is 17.0 Å². The summed E-state index contributed by atoms with van der Waals surface area (Å²) in [5.41, 5.74) is -0.559. The van der Waals surface area contributed by atoms with Gasteiger partial charge in [-0.15, -0.1) is 6.58 Å². The Balaban J connectivity index is 2.14. The van der Waals surface area contributed by atoms with Crippen LogP contribution >= 0.6 is 12.2 Å². The number of aromatic amines is 1. The maximum Gasteiger partial charge on any atom is 0.330 e. The lowest BCUT2D eigenvalue weighted by atomic mass is 10.1. The molecule has 0 aliphatic carbocycles. The van der Waals surface area contributed by atoms with Crippen LogP contribution in [0, 0.1) is 6.92 Å². The number of H-pyrrole nitrogens is 1. The number of aryl methyl sites for hydroxylation is 1. The first kappa shape index (κ1) is 17.4. The molecule has 0 spiro atoms. The molecule has 23 heavy (non-hydrogen) atoms. The number of ether oxygens (including phenoxy) is 1. The van der Waals surface area contributed by atoms with Crippen molar-refractivity contribution in [1.29, 1.82) is 0 Å². The van der Waals surface area contributed by atoms with E-state index in [0.717, 1.165) is 0 Å². The highest BCUT2D eigenvalue weighted by Gasteiger charge is 2.36. The van der Waals surface area contributed by atoms with Crippen LogP contribution in [-0.4, -0.2) is 45.1 Å². The highest BCUT2D eigenvalue weighted by atomic mass is 32.1. The molecular weight excluding hydrogens is 320 g/mol. The van der Waals surface area contributed by atoms with Crippen molar-refractivity contribution in [2.45, 2.75) is 31.7 Å². The first-order valence-electron chi connectivity index (χ1n) is 7.20. The molecule has 9 heteroatoms. The molecular formula is C14H20N4O4S. The number of nitrogens with one attached hydrogen (secondary N) is 3. The summed E-state index contributed by atoms with van der Waals surface area (Å²) < 4.78 is 7.03. The molecule has 1 fully saturated rings. The lowest BCUT2D eigenvalue weighted by molar-refractivity contribution is -0.0281. The summed E-state index contributed by atoms with van der Waals surface area (Å²) in [6.07, 6.45) is 2.45. The standard InChI is InChI=1S/C14H20N4O4S/c1-3-4-15-13(23)16-9-5-11(22-10(9)7-19)18-6-8(2)12(20)17-14(18)21/h3,6,9-11,19H,1,4-5,7H2,2H3,(H2,15,16,23)(H,17,20,21)/t9-,10+,11+/m0/s1. The Morgan fingerprint density at radius 2 is 2.39 bits per heavy atom. The highest BCUT2D eigenvalue weighted by molar-refractivity contribution is 7.80. The van der Waals surface area contributed by atoms with Crippen LogP contribution in [0.2, 0.25) is 0 Å². The van der Waals surface area contributed by atoms with Crippen molar-refractivity contribution in [2.24, 2.45) is 0 Å². The summed E-state index contributed by atoms with van der Waals surface area (Å²) in [6.45, 7) is 5.51. The predicted molar refractivity (Wildman–Crippen MR) is 89.4 cm³/mol. The number of aliphatic hydroxyl groups is 1. The molecule has 2 heterocycles. The Morgan fingerprint density at radius 1 is 1.65 bits per heavy atom. The van der Waals surface area contributed by atoms with Crippen molar-refractivity contribution in [2.75, 3.05) is 13.2 Å². The van der Waals surface area contributed by atoms with Crippen molar-refractivity contribution in [3.63, 3.8) is 0 Å². The third kappa shape index (κ3) is 4.06. The van der Waals surface area contributed by atoms with E-state index in [1.54, 1.807) is 13.0 Å². The minimum atomic E-state index is -0.588. The number of rotatable bonds is 5. The fourth-order valence-electron chi connectivity index (χ4n) is 2.41. The van der Waals surface area contributed by atoms with Crippen LogP contribution < -0.4 is 21.9 Å². The molecule has 1 aromatic heterocycles. The zero-order valence-corrected chi connectivity index (χ0v) is 13.6. The van der Waals surface area contributed by atoms with Gasteiger partial charge in [-0.25, -0.2) is 4.79 Å². The number of nitrogens with zero attached hydrogens (tertiary/aromatic N) is 1. The molecule has 2 rings (SSSR count). The molecule has 1 aliphatic heterocycles. The van der Waals surface area contributed by atoms with E-state index < -0.39 is 23.6 Å². The van der Waals surface area contributed by atoms with Gasteiger partial charge >= 0.3 is 5.69 Å². The zero-order chi connectivity index (χ0) is 17.0. The molecule has 0 radical (unpaired) electrons. The fourth-order valence-corrected chi connectivity index (χ4v) is 2.64. The van der Waals surface area contributed by atoms with Gasteiger partial charge in [-0.3, -0.25) is 14.3 Å². The Labute approximate surface area is 138 Å². The number of aromatic nitrogens is 2. The molecule has 1 aliphatic rings. The molecule has 4 N–H and O–H groups in total. The summed E-state index contributed by atoms with van der Waals surface area (Å²) in [7, 11) is 0. The van der Waals surface area contributed by atoms with Crippen LogP contribution in [0.3, 0.4) is 0 Å². The Bertz CT molecular complexity index is 699. The van der Waals surface area contributed by atoms with E-state index in [-0.39, 0.29) is 12.6 Å². The number of aliphatic hydroxyl groups excluding tert-OH is 1. The topological polar surface area (TPSA) is 108 Å². The molecule has 1 saturated heterocycles. The van der Waals surface area contributed by atoms with Gasteiger partial charge in [0.25, 0.3) is 5.56 Å². The van der Waals surface area contributed by atoms with Crippen LogP contribution in [0.15, 0.2) is 28.4 Å². The largest absolute Gasteiger partial charge is 0.394 e. The van der Waals surface area contributed by atoms with Crippen molar-refractivity contribution in [1.82, 2.24) is 20.2 Å². The van der Waals surface area contributed by atoms with E-state index in [9.17, 15) is 14.7 Å². The molecule has 0 saturated carbocycles. The van der Waals surface area contributed by atoms with Crippen molar-refractivity contribution in [3.8, 4) is 0 Å². The number of hydrogen-bond donors (Lipinski definition) is 4. The second-order valence-corrected chi connectivity index (χ2v) is 5.68. The van der Waals surface area contributed by atoms with Gasteiger partial charge in [0, 0.05) is 24.7 Å². The van der Waals surface area contributed by atoms with Crippen LogP contribution in [-0.2, 0) is 4.74 Å². The third-order valence-corrected chi connectivity index (χ3v) is 3.86. The lowest BCUT2D eigenvalue weighted by Gasteiger charge is -2.19. The smallest absolute Gasteiger partial charge is 0.330 e. The van der Waals surface area contributed by atoms with Gasteiger partial charge in [-0.05, 0) is 19.1 Å². The Kier molecular flexibility index (Phi) is 5.69. The summed E-state index contributed by atoms with van der Waals surface area (Å²) in [5.74, 6) is 0. The van der Waals surface area contributed by atoms with E-state index in [1.165, 1.54) is 10.8 Å². The Hall–Kier alpha value is -1.97. The third-order valence-electron chi connectivity index (χ3n) is 3.60. The lowest BCUT2D eigenvalue weighted by Crippen LogP contribution is -2.46. The minimum absolute atomic E-state index is 0.213. The van der Waals surface area contributed by atoms with Gasteiger partial charge in [0.15, 0.2) is 5.11 Å². The molecule has 1 aromatic rings. The van der Waals surface area contributed by atoms with E-state index in [2.05, 4.69) is 22.2 Å². The van der Waals surface area contributed by atoms with Gasteiger partial charge < -0.3 is 20.5 Å². The maximum atomic E-state index is 11.9. The van der Waals surface area contributed by atoms with E-state index in [0.29, 0.717) is 23.6 Å². The van der Waals surface area contributed by atoms with E-state index in [1.807, 2.05) is 0 Å². The minimum Gasteiger partial charge on any atom is -0.394 e. The maximum absolute atomic E-state index is 11.9. The molecule has 126 valence electrons. The van der Waals surface area contributed by atoms with Crippen molar-refractivity contribution in [3.05, 3.63) is 45.3 Å². The molecule has 0 amide bonds. The average Bonchev–Trinajstić information content (AvgIpc) is 2.91. The predicted octanol–water partition coefficient (Wildman–Crippen LogP) is -0.856. The second kappa shape index (κ2) is 7.53. The summed E-state index contributed by atoms with van der Waals surface area (Å²) in [5, 5.41) is 15.9. The molecule has 0 bridgehead atoms. The zero-order valence-electron chi connectivity index (χ0n) is 12.7. The van der Waals surface area contributed by atoms with Crippen LogP contribution in [0.5, 0.6) is 0 Å². The van der Waals surface area contributed by atoms with Gasteiger partial charge in [-0.1, -0.05) is 6.08 Å². The quantitative estimate of drug-likeness (QED) is 0.408. The van der Waals surface area contributed by atoms with Crippen LogP contribution in [0.4, 0.5) is 0 Å². The normalized spacial score (nSPS) is 23.5.